The number of nitrogens with one attached hydrogen (secondary N) is 1. The molecule has 2 rings (SSSR count). The van der Waals surface area contributed by atoms with E-state index >= 15 is 0 Å². The van der Waals surface area contributed by atoms with Crippen LogP contribution in [0.3, 0.4) is 0 Å². The molecule has 0 saturated heterocycles. The lowest BCUT2D eigenvalue weighted by Gasteiger charge is -2.08. The van der Waals surface area contributed by atoms with Gasteiger partial charge in [-0.2, -0.15) is 0 Å². The van der Waals surface area contributed by atoms with Crippen molar-refractivity contribution < 1.29 is 18.3 Å². The summed E-state index contributed by atoms with van der Waals surface area (Å²) >= 11 is 5.95. The number of nitrogen functional groups attached to an aromatic ring is 1. The number of rotatable bonds is 7. The Hall–Kier alpha value is -2.81. The Morgan fingerprint density at radius 3 is 2.92 bits per heavy atom. The summed E-state index contributed by atoms with van der Waals surface area (Å²) in [7, 11) is 0. The maximum absolute atomic E-state index is 12.1. The standard InChI is InChI=1S/C16H16ClF2N5O2/c1-9(25)24-15-11(13(20)2-3-22-15)7-21-5-10-4-12(17)16(23-6-10)26-8-14(18)19/h2-4,6-7,14H,5,8H2,1H3,(H3,20,22,24,25). The van der Waals surface area contributed by atoms with Crippen LogP contribution in [0.1, 0.15) is 18.1 Å². The third-order valence-electron chi connectivity index (χ3n) is 3.02. The molecular formula is C16H16ClF2N5O2. The second-order valence-electron chi connectivity index (χ2n) is 5.15. The number of hydrogen-bond donors (Lipinski definition) is 2. The van der Waals surface area contributed by atoms with Crippen LogP contribution in [0, 0.1) is 0 Å². The zero-order valence-electron chi connectivity index (χ0n) is 13.7. The Morgan fingerprint density at radius 1 is 1.50 bits per heavy atom. The Balaban J connectivity index is 2.09. The van der Waals surface area contributed by atoms with Crippen LogP contribution in [0.25, 0.3) is 0 Å². The molecule has 26 heavy (non-hydrogen) atoms. The van der Waals surface area contributed by atoms with Gasteiger partial charge in [-0.25, -0.2) is 18.7 Å². The molecule has 0 atom stereocenters. The van der Waals surface area contributed by atoms with E-state index in [1.807, 2.05) is 0 Å². The number of halogens is 3. The number of ether oxygens (including phenoxy) is 1. The molecule has 0 aliphatic rings. The summed E-state index contributed by atoms with van der Waals surface area (Å²) in [5.74, 6) is -0.0505. The first-order valence-corrected chi connectivity index (χ1v) is 7.82. The van der Waals surface area contributed by atoms with Crippen molar-refractivity contribution in [1.82, 2.24) is 9.97 Å². The van der Waals surface area contributed by atoms with Crippen LogP contribution in [-0.2, 0) is 11.3 Å². The van der Waals surface area contributed by atoms with Crippen molar-refractivity contribution in [3.05, 3.63) is 40.7 Å². The third-order valence-corrected chi connectivity index (χ3v) is 3.29. The van der Waals surface area contributed by atoms with E-state index in [2.05, 4.69) is 20.3 Å². The van der Waals surface area contributed by atoms with Gasteiger partial charge in [0.05, 0.1) is 12.1 Å². The normalized spacial score (nSPS) is 11.1. The maximum Gasteiger partial charge on any atom is 0.272 e. The summed E-state index contributed by atoms with van der Waals surface area (Å²) in [5, 5.41) is 2.68. The van der Waals surface area contributed by atoms with Gasteiger partial charge in [0.25, 0.3) is 6.43 Å². The fraction of sp³-hybridized carbons (Fsp3) is 0.250. The summed E-state index contributed by atoms with van der Waals surface area (Å²) in [6.07, 6.45) is 1.76. The van der Waals surface area contributed by atoms with E-state index in [1.54, 1.807) is 6.07 Å². The van der Waals surface area contributed by atoms with Crippen LogP contribution in [0.5, 0.6) is 5.88 Å². The number of aliphatic imine (C=N–C) groups is 1. The number of nitrogens with two attached hydrogens (primary N) is 1. The highest BCUT2D eigenvalue weighted by atomic mass is 35.5. The maximum atomic E-state index is 12.1. The SMILES string of the molecule is CC(=O)Nc1nccc(N)c1C=NCc1cnc(OCC(F)F)c(Cl)c1. The first kappa shape index (κ1) is 19.5. The third kappa shape index (κ3) is 5.62. The zero-order valence-corrected chi connectivity index (χ0v) is 14.5. The topological polar surface area (TPSA) is 102 Å². The molecule has 2 aromatic rings. The van der Waals surface area contributed by atoms with Gasteiger partial charge in [-0.3, -0.25) is 9.79 Å². The highest BCUT2D eigenvalue weighted by molar-refractivity contribution is 6.31. The average molecular weight is 384 g/mol. The van der Waals surface area contributed by atoms with Crippen molar-refractivity contribution in [3.8, 4) is 5.88 Å². The lowest BCUT2D eigenvalue weighted by atomic mass is 10.2. The molecule has 0 aliphatic carbocycles. The Labute approximate surface area is 153 Å². The van der Waals surface area contributed by atoms with Gasteiger partial charge in [0.15, 0.2) is 6.61 Å². The number of alkyl halides is 2. The van der Waals surface area contributed by atoms with Crippen molar-refractivity contribution in [2.45, 2.75) is 19.9 Å². The molecule has 7 nitrogen and oxygen atoms in total. The molecule has 2 heterocycles. The Bertz CT molecular complexity index is 817. The van der Waals surface area contributed by atoms with Crippen LogP contribution < -0.4 is 15.8 Å². The molecular weight excluding hydrogens is 368 g/mol. The van der Waals surface area contributed by atoms with Crippen LogP contribution >= 0.6 is 11.6 Å². The highest BCUT2D eigenvalue weighted by Crippen LogP contribution is 2.23. The Morgan fingerprint density at radius 2 is 2.27 bits per heavy atom. The van der Waals surface area contributed by atoms with Gasteiger partial charge in [0, 0.05) is 31.2 Å². The summed E-state index contributed by atoms with van der Waals surface area (Å²) in [4.78, 5) is 23.4. The number of nitrogens with zero attached hydrogens (tertiary/aromatic N) is 3. The van der Waals surface area contributed by atoms with Crippen molar-refractivity contribution in [1.29, 1.82) is 0 Å². The van der Waals surface area contributed by atoms with Crippen LogP contribution in [0.15, 0.2) is 29.5 Å². The number of carbonyl (C=O) groups is 1. The molecule has 0 bridgehead atoms. The smallest absolute Gasteiger partial charge is 0.272 e. The number of aromatic nitrogens is 2. The summed E-state index contributed by atoms with van der Waals surface area (Å²) in [6.45, 7) is 0.781. The molecule has 10 heteroatoms. The molecule has 0 unspecified atom stereocenters. The molecule has 0 spiro atoms. The van der Waals surface area contributed by atoms with Gasteiger partial charge in [0.2, 0.25) is 11.8 Å². The largest absolute Gasteiger partial charge is 0.471 e. The average Bonchev–Trinajstić information content (AvgIpc) is 2.56. The molecule has 0 aromatic carbocycles. The lowest BCUT2D eigenvalue weighted by molar-refractivity contribution is -0.114. The highest BCUT2D eigenvalue weighted by Gasteiger charge is 2.10. The van der Waals surface area contributed by atoms with E-state index in [-0.39, 0.29) is 23.4 Å². The van der Waals surface area contributed by atoms with E-state index in [4.69, 9.17) is 22.1 Å². The predicted molar refractivity (Wildman–Crippen MR) is 95.0 cm³/mol. The minimum Gasteiger partial charge on any atom is -0.471 e. The summed E-state index contributed by atoms with van der Waals surface area (Å²) < 4.78 is 29.1. The van der Waals surface area contributed by atoms with Gasteiger partial charge in [-0.1, -0.05) is 11.6 Å². The van der Waals surface area contributed by atoms with Gasteiger partial charge in [-0.05, 0) is 17.7 Å². The van der Waals surface area contributed by atoms with Gasteiger partial charge in [0.1, 0.15) is 10.8 Å². The molecule has 2 aromatic heterocycles. The van der Waals surface area contributed by atoms with Crippen LogP contribution in [0.4, 0.5) is 20.3 Å². The summed E-state index contributed by atoms with van der Waals surface area (Å²) in [6, 6.07) is 3.11. The van der Waals surface area contributed by atoms with E-state index in [1.165, 1.54) is 31.6 Å². The predicted octanol–water partition coefficient (Wildman–Crippen LogP) is 2.93. The molecule has 1 amide bonds. The molecule has 138 valence electrons. The van der Waals surface area contributed by atoms with Crippen molar-refractivity contribution in [2.24, 2.45) is 4.99 Å². The van der Waals surface area contributed by atoms with Gasteiger partial charge >= 0.3 is 0 Å². The minimum atomic E-state index is -2.61. The molecule has 0 aliphatic heterocycles. The fourth-order valence-electron chi connectivity index (χ4n) is 1.93. The Kier molecular flexibility index (Phi) is 6.79. The van der Waals surface area contributed by atoms with Crippen molar-refractivity contribution >= 4 is 35.2 Å². The van der Waals surface area contributed by atoms with Crippen molar-refractivity contribution in [2.75, 3.05) is 17.7 Å². The second kappa shape index (κ2) is 9.04. The van der Waals surface area contributed by atoms with Crippen molar-refractivity contribution in [3.63, 3.8) is 0 Å². The van der Waals surface area contributed by atoms with E-state index in [0.29, 0.717) is 22.6 Å². The second-order valence-corrected chi connectivity index (χ2v) is 5.55. The quantitative estimate of drug-likeness (QED) is 0.715. The zero-order chi connectivity index (χ0) is 19.1. The number of carbonyl (C=O) groups excluding carboxylic acids is 1. The lowest BCUT2D eigenvalue weighted by Crippen LogP contribution is -2.11. The summed E-state index contributed by atoms with van der Waals surface area (Å²) in [5.41, 5.74) is 7.40. The minimum absolute atomic E-state index is 0.0656. The van der Waals surface area contributed by atoms with E-state index in [9.17, 15) is 13.6 Å². The molecule has 0 radical (unpaired) electrons. The van der Waals surface area contributed by atoms with E-state index < -0.39 is 13.0 Å². The molecule has 3 N–H and O–H groups in total. The fourth-order valence-corrected chi connectivity index (χ4v) is 2.18. The first-order chi connectivity index (χ1) is 12.4. The van der Waals surface area contributed by atoms with Crippen LogP contribution in [-0.4, -0.2) is 35.1 Å². The number of hydrogen-bond acceptors (Lipinski definition) is 6. The van der Waals surface area contributed by atoms with Crippen LogP contribution in [0.2, 0.25) is 5.02 Å². The monoisotopic (exact) mass is 383 g/mol. The van der Waals surface area contributed by atoms with Gasteiger partial charge in [-0.15, -0.1) is 0 Å². The molecule has 0 saturated carbocycles. The number of amides is 1. The number of pyridine rings is 2. The molecule has 0 fully saturated rings. The number of anilines is 2. The first-order valence-electron chi connectivity index (χ1n) is 7.44. The van der Waals surface area contributed by atoms with Gasteiger partial charge < -0.3 is 15.8 Å². The van der Waals surface area contributed by atoms with E-state index in [0.717, 1.165) is 0 Å².